The van der Waals surface area contributed by atoms with Gasteiger partial charge in [0, 0.05) is 6.42 Å². The van der Waals surface area contributed by atoms with Gasteiger partial charge in [0.15, 0.2) is 11.0 Å². The lowest BCUT2D eigenvalue weighted by Crippen LogP contribution is -1.98. The first-order chi connectivity index (χ1) is 6.74. The Morgan fingerprint density at radius 3 is 2.93 bits per heavy atom. The van der Waals surface area contributed by atoms with Crippen molar-refractivity contribution in [3.05, 3.63) is 29.2 Å². The molecule has 5 heteroatoms. The lowest BCUT2D eigenvalue weighted by molar-refractivity contribution is 0.295. The Hall–Kier alpha value is -1.26. The van der Waals surface area contributed by atoms with Gasteiger partial charge in [-0.3, -0.25) is 4.40 Å². The van der Waals surface area contributed by atoms with E-state index in [4.69, 9.17) is 16.7 Å². The second-order valence-corrected chi connectivity index (χ2v) is 3.26. The molecule has 0 saturated heterocycles. The average Bonchev–Trinajstić information content (AvgIpc) is 2.46. The summed E-state index contributed by atoms with van der Waals surface area (Å²) in [4.78, 5) is 4.05. The third kappa shape index (κ3) is 1.32. The Kier molecular flexibility index (Phi) is 2.31. The molecule has 2 rings (SSSR count). The van der Waals surface area contributed by atoms with Crippen LogP contribution in [0.5, 0.6) is 5.88 Å². The van der Waals surface area contributed by atoms with Crippen LogP contribution in [0.3, 0.4) is 0 Å². The molecular weight excluding hydrogens is 204 g/mol. The number of fused-ring (bicyclic) bond motifs is 1. The van der Waals surface area contributed by atoms with Crippen molar-refractivity contribution in [2.45, 2.75) is 6.42 Å². The van der Waals surface area contributed by atoms with Gasteiger partial charge >= 0.3 is 0 Å². The number of imidazole rings is 1. The van der Waals surface area contributed by atoms with E-state index in [0.717, 1.165) is 0 Å². The molecule has 0 aliphatic rings. The molecule has 0 spiro atoms. The standard InChI is InChI=1S/C9H9ClN2O2/c10-9-6-2-1-3-8(14)12(6)7(11-9)4-5-13/h1-3,13-14H,4-5H2. The highest BCUT2D eigenvalue weighted by atomic mass is 35.5. The van der Waals surface area contributed by atoms with Crippen LogP contribution in [-0.4, -0.2) is 26.2 Å². The highest BCUT2D eigenvalue weighted by Crippen LogP contribution is 2.23. The largest absolute Gasteiger partial charge is 0.494 e. The number of aromatic hydroxyl groups is 1. The number of aromatic nitrogens is 2. The predicted molar refractivity (Wildman–Crippen MR) is 52.7 cm³/mol. The molecule has 2 aromatic heterocycles. The van der Waals surface area contributed by atoms with E-state index in [1.165, 1.54) is 4.40 Å². The minimum atomic E-state index is -0.0240. The van der Waals surface area contributed by atoms with E-state index in [1.54, 1.807) is 18.2 Å². The maximum atomic E-state index is 9.57. The summed E-state index contributed by atoms with van der Waals surface area (Å²) in [7, 11) is 0. The van der Waals surface area contributed by atoms with Gasteiger partial charge in [-0.2, -0.15) is 0 Å². The molecule has 0 radical (unpaired) electrons. The van der Waals surface area contributed by atoms with Gasteiger partial charge in [0.05, 0.1) is 12.1 Å². The second-order valence-electron chi connectivity index (χ2n) is 2.90. The Morgan fingerprint density at radius 2 is 2.21 bits per heavy atom. The first kappa shape index (κ1) is 9.30. The highest BCUT2D eigenvalue weighted by molar-refractivity contribution is 6.32. The van der Waals surface area contributed by atoms with Crippen molar-refractivity contribution in [2.24, 2.45) is 0 Å². The SMILES string of the molecule is OCCc1nc(Cl)c2cccc(O)n12. The van der Waals surface area contributed by atoms with E-state index in [-0.39, 0.29) is 12.5 Å². The van der Waals surface area contributed by atoms with E-state index in [0.29, 0.717) is 22.9 Å². The summed E-state index contributed by atoms with van der Waals surface area (Å²) in [5.74, 6) is 0.635. The summed E-state index contributed by atoms with van der Waals surface area (Å²) >= 11 is 5.86. The van der Waals surface area contributed by atoms with Crippen molar-refractivity contribution >= 4 is 17.1 Å². The van der Waals surface area contributed by atoms with E-state index in [9.17, 15) is 5.11 Å². The van der Waals surface area contributed by atoms with Crippen molar-refractivity contribution in [3.8, 4) is 5.88 Å². The molecule has 0 fully saturated rings. The Labute approximate surface area is 85.4 Å². The molecule has 0 aliphatic heterocycles. The van der Waals surface area contributed by atoms with Crippen LogP contribution >= 0.6 is 11.6 Å². The van der Waals surface area contributed by atoms with E-state index in [2.05, 4.69) is 4.98 Å². The lowest BCUT2D eigenvalue weighted by Gasteiger charge is -2.01. The zero-order valence-corrected chi connectivity index (χ0v) is 8.07. The Morgan fingerprint density at radius 1 is 1.43 bits per heavy atom. The van der Waals surface area contributed by atoms with Crippen LogP contribution < -0.4 is 0 Å². The van der Waals surface area contributed by atoms with Crippen LogP contribution in [0.25, 0.3) is 5.52 Å². The molecule has 2 aromatic rings. The third-order valence-corrected chi connectivity index (χ3v) is 2.28. The van der Waals surface area contributed by atoms with Crippen LogP contribution in [0.1, 0.15) is 5.82 Å². The van der Waals surface area contributed by atoms with Crippen LogP contribution in [0.4, 0.5) is 0 Å². The van der Waals surface area contributed by atoms with E-state index < -0.39 is 0 Å². The normalized spacial score (nSPS) is 11.0. The summed E-state index contributed by atoms with van der Waals surface area (Å²) in [6.07, 6.45) is 0.367. The molecule has 0 aromatic carbocycles. The fourth-order valence-corrected chi connectivity index (χ4v) is 1.66. The smallest absolute Gasteiger partial charge is 0.197 e. The summed E-state index contributed by atoms with van der Waals surface area (Å²) in [5.41, 5.74) is 0.648. The van der Waals surface area contributed by atoms with Gasteiger partial charge < -0.3 is 10.2 Å². The van der Waals surface area contributed by atoms with Gasteiger partial charge in [0.25, 0.3) is 0 Å². The summed E-state index contributed by atoms with van der Waals surface area (Å²) in [6.45, 7) is -0.0240. The first-order valence-corrected chi connectivity index (χ1v) is 4.57. The summed E-state index contributed by atoms with van der Waals surface area (Å²) in [6, 6.07) is 5.00. The molecule has 0 atom stereocenters. The number of rotatable bonds is 2. The fraction of sp³-hybridized carbons (Fsp3) is 0.222. The molecule has 0 bridgehead atoms. The van der Waals surface area contributed by atoms with Gasteiger partial charge in [-0.15, -0.1) is 0 Å². The van der Waals surface area contributed by atoms with Crippen LogP contribution in [0.15, 0.2) is 18.2 Å². The zero-order chi connectivity index (χ0) is 10.1. The lowest BCUT2D eigenvalue weighted by atomic mass is 10.4. The summed E-state index contributed by atoms with van der Waals surface area (Å²) < 4.78 is 1.53. The second kappa shape index (κ2) is 3.48. The molecule has 14 heavy (non-hydrogen) atoms. The molecule has 2 N–H and O–H groups in total. The molecule has 74 valence electrons. The monoisotopic (exact) mass is 212 g/mol. The third-order valence-electron chi connectivity index (χ3n) is 2.00. The van der Waals surface area contributed by atoms with Crippen LogP contribution in [-0.2, 0) is 6.42 Å². The number of aliphatic hydroxyl groups excluding tert-OH is 1. The van der Waals surface area contributed by atoms with E-state index >= 15 is 0 Å². The van der Waals surface area contributed by atoms with E-state index in [1.807, 2.05) is 0 Å². The van der Waals surface area contributed by atoms with Gasteiger partial charge in [0.2, 0.25) is 0 Å². The maximum Gasteiger partial charge on any atom is 0.197 e. The quantitative estimate of drug-likeness (QED) is 0.787. The molecule has 0 saturated carbocycles. The number of aliphatic hydroxyl groups is 1. The van der Waals surface area contributed by atoms with Gasteiger partial charge in [-0.1, -0.05) is 17.7 Å². The Balaban J connectivity index is 2.72. The summed E-state index contributed by atoms with van der Waals surface area (Å²) in [5, 5.41) is 18.7. The van der Waals surface area contributed by atoms with Crippen LogP contribution in [0.2, 0.25) is 5.15 Å². The topological polar surface area (TPSA) is 57.8 Å². The average molecular weight is 213 g/mol. The minimum Gasteiger partial charge on any atom is -0.494 e. The van der Waals surface area contributed by atoms with Crippen molar-refractivity contribution in [1.29, 1.82) is 0 Å². The van der Waals surface area contributed by atoms with Crippen molar-refractivity contribution in [2.75, 3.05) is 6.61 Å². The molecule has 2 heterocycles. The van der Waals surface area contributed by atoms with Crippen LogP contribution in [0, 0.1) is 0 Å². The highest BCUT2D eigenvalue weighted by Gasteiger charge is 2.10. The predicted octanol–water partition coefficient (Wildman–Crippen LogP) is 1.23. The van der Waals surface area contributed by atoms with Crippen molar-refractivity contribution < 1.29 is 10.2 Å². The van der Waals surface area contributed by atoms with Crippen molar-refractivity contribution in [1.82, 2.24) is 9.38 Å². The number of nitrogens with zero attached hydrogens (tertiary/aromatic N) is 2. The molecular formula is C9H9ClN2O2. The molecule has 4 nitrogen and oxygen atoms in total. The molecule has 0 amide bonds. The Bertz CT molecular complexity index is 467. The van der Waals surface area contributed by atoms with Gasteiger partial charge in [-0.25, -0.2) is 4.98 Å². The minimum absolute atomic E-state index is 0.0240. The fourth-order valence-electron chi connectivity index (χ4n) is 1.42. The first-order valence-electron chi connectivity index (χ1n) is 4.19. The van der Waals surface area contributed by atoms with Crippen molar-refractivity contribution in [3.63, 3.8) is 0 Å². The number of hydrogen-bond donors (Lipinski definition) is 2. The van der Waals surface area contributed by atoms with Gasteiger partial charge in [-0.05, 0) is 12.1 Å². The number of pyridine rings is 1. The molecule has 0 unspecified atom stereocenters. The zero-order valence-electron chi connectivity index (χ0n) is 7.31. The molecule has 0 aliphatic carbocycles. The number of halogens is 1. The number of hydrogen-bond acceptors (Lipinski definition) is 3. The van der Waals surface area contributed by atoms with Gasteiger partial charge in [0.1, 0.15) is 5.82 Å². The maximum absolute atomic E-state index is 9.57.